The molecular formula is C16H18N2O3S2. The number of carbonyl (C=O) groups is 1. The lowest BCUT2D eigenvalue weighted by molar-refractivity contribution is 0.0902. The maximum Gasteiger partial charge on any atom is 0.252 e. The van der Waals surface area contributed by atoms with Crippen LogP contribution in [-0.2, 0) is 10.0 Å². The second-order valence-corrected chi connectivity index (χ2v) is 8.51. The highest BCUT2D eigenvalue weighted by Gasteiger charge is 2.29. The van der Waals surface area contributed by atoms with Crippen LogP contribution in [0, 0.1) is 0 Å². The molecule has 0 bridgehead atoms. The standard InChI is InChI=1S/C16H18N2O3S2/c19-15(14-5-2-1-3-6-14)13-17-8-10-18(11-9-17)23(20,21)16-7-4-12-22-16/h1-7,12H,8-11,13H2. The second-order valence-electron chi connectivity index (χ2n) is 5.40. The SMILES string of the molecule is O=C(CN1CCN(S(=O)(=O)c2cccs2)CC1)c1ccccc1. The minimum atomic E-state index is -3.38. The lowest BCUT2D eigenvalue weighted by Gasteiger charge is -2.33. The number of benzene rings is 1. The molecule has 1 aromatic carbocycles. The van der Waals surface area contributed by atoms with Crippen LogP contribution in [0.4, 0.5) is 0 Å². The van der Waals surface area contributed by atoms with Gasteiger partial charge in [-0.3, -0.25) is 9.69 Å². The third-order valence-electron chi connectivity index (χ3n) is 3.88. The fraction of sp³-hybridized carbons (Fsp3) is 0.312. The molecule has 0 N–H and O–H groups in total. The Morgan fingerprint density at radius 3 is 2.30 bits per heavy atom. The van der Waals surface area contributed by atoms with Crippen LogP contribution in [-0.4, -0.2) is 56.1 Å². The molecular weight excluding hydrogens is 332 g/mol. The molecule has 2 heterocycles. The molecule has 1 fully saturated rings. The molecule has 1 aliphatic heterocycles. The van der Waals surface area contributed by atoms with E-state index in [1.807, 2.05) is 23.1 Å². The van der Waals surface area contributed by atoms with E-state index < -0.39 is 10.0 Å². The molecule has 0 atom stereocenters. The third-order valence-corrected chi connectivity index (χ3v) is 7.16. The van der Waals surface area contributed by atoms with Gasteiger partial charge in [0.1, 0.15) is 4.21 Å². The van der Waals surface area contributed by atoms with Gasteiger partial charge in [-0.05, 0) is 11.4 Å². The summed E-state index contributed by atoms with van der Waals surface area (Å²) in [4.78, 5) is 14.2. The van der Waals surface area contributed by atoms with Crippen molar-refractivity contribution >= 4 is 27.1 Å². The number of hydrogen-bond donors (Lipinski definition) is 0. The molecule has 7 heteroatoms. The zero-order chi connectivity index (χ0) is 16.3. The van der Waals surface area contributed by atoms with E-state index in [9.17, 15) is 13.2 Å². The molecule has 23 heavy (non-hydrogen) atoms. The van der Waals surface area contributed by atoms with E-state index in [1.165, 1.54) is 15.6 Å². The molecule has 0 unspecified atom stereocenters. The number of rotatable bonds is 5. The average molecular weight is 350 g/mol. The number of carbonyl (C=O) groups excluding carboxylic acids is 1. The third kappa shape index (κ3) is 3.69. The zero-order valence-corrected chi connectivity index (χ0v) is 14.2. The highest BCUT2D eigenvalue weighted by Crippen LogP contribution is 2.22. The van der Waals surface area contributed by atoms with Gasteiger partial charge in [-0.15, -0.1) is 11.3 Å². The summed E-state index contributed by atoms with van der Waals surface area (Å²) in [6, 6.07) is 12.6. The van der Waals surface area contributed by atoms with Crippen molar-refractivity contribution in [2.24, 2.45) is 0 Å². The highest BCUT2D eigenvalue weighted by atomic mass is 32.2. The summed E-state index contributed by atoms with van der Waals surface area (Å²) < 4.78 is 26.8. The molecule has 0 amide bonds. The first-order valence-corrected chi connectivity index (χ1v) is 9.73. The van der Waals surface area contributed by atoms with Gasteiger partial charge in [0.15, 0.2) is 5.78 Å². The van der Waals surface area contributed by atoms with Gasteiger partial charge in [0.25, 0.3) is 10.0 Å². The summed E-state index contributed by atoms with van der Waals surface area (Å²) >= 11 is 1.23. The van der Waals surface area contributed by atoms with Gasteiger partial charge in [-0.2, -0.15) is 4.31 Å². The highest BCUT2D eigenvalue weighted by molar-refractivity contribution is 7.91. The molecule has 0 aliphatic carbocycles. The molecule has 1 saturated heterocycles. The average Bonchev–Trinajstić information content (AvgIpc) is 3.11. The van der Waals surface area contributed by atoms with E-state index in [-0.39, 0.29) is 5.78 Å². The molecule has 5 nitrogen and oxygen atoms in total. The van der Waals surface area contributed by atoms with Crippen molar-refractivity contribution in [2.45, 2.75) is 4.21 Å². The van der Waals surface area contributed by atoms with Crippen LogP contribution < -0.4 is 0 Å². The summed E-state index contributed by atoms with van der Waals surface area (Å²) in [6.45, 7) is 2.31. The Labute approximate surface area is 140 Å². The summed E-state index contributed by atoms with van der Waals surface area (Å²) in [5.74, 6) is 0.0696. The van der Waals surface area contributed by atoms with Crippen molar-refractivity contribution in [2.75, 3.05) is 32.7 Å². The smallest absolute Gasteiger partial charge is 0.252 e. The van der Waals surface area contributed by atoms with Gasteiger partial charge in [0.05, 0.1) is 6.54 Å². The van der Waals surface area contributed by atoms with Crippen LogP contribution in [0.1, 0.15) is 10.4 Å². The van der Waals surface area contributed by atoms with Crippen LogP contribution >= 0.6 is 11.3 Å². The Morgan fingerprint density at radius 2 is 1.70 bits per heavy atom. The van der Waals surface area contributed by atoms with E-state index in [4.69, 9.17) is 0 Å². The maximum atomic E-state index is 12.4. The molecule has 1 aliphatic rings. The summed E-state index contributed by atoms with van der Waals surface area (Å²) in [5.41, 5.74) is 0.695. The van der Waals surface area contributed by atoms with Crippen molar-refractivity contribution in [3.05, 3.63) is 53.4 Å². The van der Waals surface area contributed by atoms with Crippen LogP contribution in [0.5, 0.6) is 0 Å². The lowest BCUT2D eigenvalue weighted by Crippen LogP contribution is -2.49. The summed E-state index contributed by atoms with van der Waals surface area (Å²) in [6.07, 6.45) is 0. The Morgan fingerprint density at radius 1 is 1.00 bits per heavy atom. The topological polar surface area (TPSA) is 57.7 Å². The van der Waals surface area contributed by atoms with Gasteiger partial charge in [-0.25, -0.2) is 8.42 Å². The fourth-order valence-electron chi connectivity index (χ4n) is 2.58. The lowest BCUT2D eigenvalue weighted by atomic mass is 10.1. The Balaban J connectivity index is 1.58. The largest absolute Gasteiger partial charge is 0.293 e. The van der Waals surface area contributed by atoms with E-state index >= 15 is 0 Å². The van der Waals surface area contributed by atoms with Crippen molar-refractivity contribution < 1.29 is 13.2 Å². The first kappa shape index (κ1) is 16.3. The van der Waals surface area contributed by atoms with E-state index in [0.29, 0.717) is 42.5 Å². The normalized spacial score (nSPS) is 17.2. The maximum absolute atomic E-state index is 12.4. The van der Waals surface area contributed by atoms with Crippen LogP contribution in [0.3, 0.4) is 0 Å². The van der Waals surface area contributed by atoms with Crippen molar-refractivity contribution in [3.63, 3.8) is 0 Å². The summed E-state index contributed by atoms with van der Waals surface area (Å²) in [7, 11) is -3.38. The number of sulfonamides is 1. The van der Waals surface area contributed by atoms with Crippen molar-refractivity contribution in [3.8, 4) is 0 Å². The Bertz CT molecular complexity index is 750. The first-order valence-electron chi connectivity index (χ1n) is 7.41. The number of Topliss-reactive ketones (excluding diaryl/α,β-unsaturated/α-hetero) is 1. The molecule has 2 aromatic rings. The van der Waals surface area contributed by atoms with Gasteiger partial charge >= 0.3 is 0 Å². The number of nitrogens with zero attached hydrogens (tertiary/aromatic N) is 2. The van der Waals surface area contributed by atoms with Crippen LogP contribution in [0.25, 0.3) is 0 Å². The Hall–Kier alpha value is -1.54. The number of thiophene rings is 1. The predicted molar refractivity (Wildman–Crippen MR) is 90.3 cm³/mol. The predicted octanol–water partition coefficient (Wildman–Crippen LogP) is 1.94. The second kappa shape index (κ2) is 6.92. The van der Waals surface area contributed by atoms with Gasteiger partial charge in [0.2, 0.25) is 0 Å². The minimum Gasteiger partial charge on any atom is -0.293 e. The summed E-state index contributed by atoms with van der Waals surface area (Å²) in [5, 5.41) is 1.77. The molecule has 1 aromatic heterocycles. The van der Waals surface area contributed by atoms with E-state index in [0.717, 1.165) is 0 Å². The van der Waals surface area contributed by atoms with E-state index in [2.05, 4.69) is 0 Å². The molecule has 3 rings (SSSR count). The Kier molecular flexibility index (Phi) is 4.91. The quantitative estimate of drug-likeness (QED) is 0.773. The number of ketones is 1. The van der Waals surface area contributed by atoms with E-state index in [1.54, 1.807) is 29.6 Å². The monoisotopic (exact) mass is 350 g/mol. The molecule has 0 radical (unpaired) electrons. The van der Waals surface area contributed by atoms with Crippen LogP contribution in [0.15, 0.2) is 52.1 Å². The molecule has 0 spiro atoms. The number of piperazine rings is 1. The van der Waals surface area contributed by atoms with Gasteiger partial charge in [-0.1, -0.05) is 36.4 Å². The minimum absolute atomic E-state index is 0.0696. The first-order chi connectivity index (χ1) is 11.1. The van der Waals surface area contributed by atoms with Gasteiger partial charge < -0.3 is 0 Å². The van der Waals surface area contributed by atoms with Crippen molar-refractivity contribution in [1.82, 2.24) is 9.21 Å². The van der Waals surface area contributed by atoms with Crippen molar-refractivity contribution in [1.29, 1.82) is 0 Å². The number of hydrogen-bond acceptors (Lipinski definition) is 5. The van der Waals surface area contributed by atoms with Crippen LogP contribution in [0.2, 0.25) is 0 Å². The zero-order valence-electron chi connectivity index (χ0n) is 12.6. The van der Waals surface area contributed by atoms with Gasteiger partial charge in [0, 0.05) is 31.7 Å². The fourth-order valence-corrected chi connectivity index (χ4v) is 5.15. The molecule has 0 saturated carbocycles. The molecule has 122 valence electrons.